The van der Waals surface area contributed by atoms with Crippen LogP contribution < -0.4 is 21.4 Å². The molecule has 0 radical (unpaired) electrons. The standard InChI is InChI=1S/C23H37NO3.C20H30N4O4/c1-5-16-24-17-15-19(2)11-9-7-6-8-10-12-20(3)23(27)22(18-25)14-13-21(4)26;1-13(2)17(21-3)18(25)22-16(12-14-8-5-4-6-9-14)19(26)24-11-7-10-15(23-24)20(27)28/h5-8,10,15,18,20,22-24,27H,1,9,11-14,16-17H2,2-4H3;4-6,8-9,13,15-17,21,23H,7,10-12H2,1-3H3,(H,22,25)(H,27,28)/b7-6+,10-8+,19-15+;/t20?,22-,23?;/m0./s1. The molecule has 1 fully saturated rings. The van der Waals surface area contributed by atoms with Crippen LogP contribution in [0, 0.1) is 17.8 Å². The number of allylic oxidation sites excluding steroid dienone is 5. The normalized spacial score (nSPS) is 17.5. The van der Waals surface area contributed by atoms with Gasteiger partial charge in [-0.1, -0.05) is 93.1 Å². The molecule has 55 heavy (non-hydrogen) atoms. The average molecular weight is 766 g/mol. The Labute approximate surface area is 329 Å². The van der Waals surface area contributed by atoms with Crippen LogP contribution in [-0.4, -0.2) is 96.0 Å². The van der Waals surface area contributed by atoms with E-state index in [0.29, 0.717) is 45.1 Å². The zero-order valence-electron chi connectivity index (χ0n) is 33.8. The maximum Gasteiger partial charge on any atom is 0.322 e. The molecule has 0 aromatic heterocycles. The van der Waals surface area contributed by atoms with Gasteiger partial charge in [-0.25, -0.2) is 5.43 Å². The number of rotatable bonds is 24. The maximum atomic E-state index is 13.1. The molecule has 6 atom stereocenters. The number of nitrogens with one attached hydrogen (secondary N) is 4. The van der Waals surface area contributed by atoms with Crippen molar-refractivity contribution in [1.29, 1.82) is 0 Å². The fraction of sp³-hybridized carbons (Fsp3) is 0.558. The SMILES string of the molecule is C=CCNC/C=C(\C)CC/C=C/C=C/CC(C)C(O)[C@H](C=O)CCC(C)=O.CNC(C(=O)NC(Cc1ccccc1)C(=O)N1CCCC(C(=O)O)N1)C(C)C. The summed E-state index contributed by atoms with van der Waals surface area (Å²) < 4.78 is 0. The third kappa shape index (κ3) is 20.3. The molecule has 1 aromatic carbocycles. The number of aliphatic hydroxyl groups excluding tert-OH is 1. The van der Waals surface area contributed by atoms with Gasteiger partial charge in [-0.05, 0) is 76.8 Å². The highest BCUT2D eigenvalue weighted by Gasteiger charge is 2.33. The van der Waals surface area contributed by atoms with Crippen molar-refractivity contribution < 1.29 is 34.2 Å². The Kier molecular flexibility index (Phi) is 25.0. The van der Waals surface area contributed by atoms with Gasteiger partial charge in [-0.2, -0.15) is 0 Å². The molecule has 306 valence electrons. The summed E-state index contributed by atoms with van der Waals surface area (Å²) >= 11 is 0. The number of carbonyl (C=O) groups excluding carboxylic acids is 4. The molecule has 0 aliphatic carbocycles. The van der Waals surface area contributed by atoms with Gasteiger partial charge in [0.1, 0.15) is 24.2 Å². The van der Waals surface area contributed by atoms with Crippen molar-refractivity contribution in [2.24, 2.45) is 17.8 Å². The van der Waals surface area contributed by atoms with E-state index in [-0.39, 0.29) is 29.4 Å². The number of likely N-dealkylation sites (N-methyl/N-ethyl adjacent to an activating group) is 1. The molecule has 1 aliphatic heterocycles. The fourth-order valence-electron chi connectivity index (χ4n) is 6.03. The Morgan fingerprint density at radius 3 is 2.33 bits per heavy atom. The van der Waals surface area contributed by atoms with Gasteiger partial charge in [0.05, 0.1) is 12.1 Å². The minimum Gasteiger partial charge on any atom is -0.480 e. The number of amides is 2. The average Bonchev–Trinajstić information content (AvgIpc) is 3.16. The van der Waals surface area contributed by atoms with Crippen molar-refractivity contribution in [3.8, 4) is 0 Å². The van der Waals surface area contributed by atoms with Crippen LogP contribution >= 0.6 is 0 Å². The van der Waals surface area contributed by atoms with Gasteiger partial charge in [0, 0.05) is 38.4 Å². The summed E-state index contributed by atoms with van der Waals surface area (Å²) in [6.07, 6.45) is 17.1. The van der Waals surface area contributed by atoms with E-state index in [1.165, 1.54) is 17.5 Å². The summed E-state index contributed by atoms with van der Waals surface area (Å²) in [6, 6.07) is 7.43. The summed E-state index contributed by atoms with van der Waals surface area (Å²) in [5.41, 5.74) is 5.05. The number of aldehydes is 1. The van der Waals surface area contributed by atoms with E-state index in [1.807, 2.05) is 75.4 Å². The molecule has 0 spiro atoms. The van der Waals surface area contributed by atoms with Crippen molar-refractivity contribution in [3.05, 3.63) is 84.5 Å². The number of hydrazine groups is 1. The first-order valence-corrected chi connectivity index (χ1v) is 19.5. The van der Waals surface area contributed by atoms with Crippen LogP contribution in [0.2, 0.25) is 0 Å². The predicted octanol–water partition coefficient (Wildman–Crippen LogP) is 4.71. The van der Waals surface area contributed by atoms with E-state index >= 15 is 0 Å². The lowest BCUT2D eigenvalue weighted by molar-refractivity contribution is -0.148. The van der Waals surface area contributed by atoms with Gasteiger partial charge in [0.25, 0.3) is 5.91 Å². The number of ketones is 1. The minimum absolute atomic E-state index is 0.0231. The Morgan fingerprint density at radius 1 is 1.04 bits per heavy atom. The fourth-order valence-corrected chi connectivity index (χ4v) is 6.03. The number of Topliss-reactive ketones (excluding diaryl/α,β-unsaturated/α-hetero) is 1. The Balaban J connectivity index is 0.000000551. The lowest BCUT2D eigenvalue weighted by Gasteiger charge is -2.35. The highest BCUT2D eigenvalue weighted by atomic mass is 16.4. The molecule has 12 nitrogen and oxygen atoms in total. The largest absolute Gasteiger partial charge is 0.480 e. The summed E-state index contributed by atoms with van der Waals surface area (Å²) in [5, 5.41) is 29.9. The summed E-state index contributed by atoms with van der Waals surface area (Å²) in [5.74, 6) is -1.96. The second-order valence-corrected chi connectivity index (χ2v) is 14.5. The van der Waals surface area contributed by atoms with Gasteiger partial charge < -0.3 is 35.8 Å². The molecule has 1 saturated heterocycles. The first-order valence-electron chi connectivity index (χ1n) is 19.5. The van der Waals surface area contributed by atoms with Crippen molar-refractivity contribution in [2.75, 3.05) is 26.7 Å². The third-order valence-corrected chi connectivity index (χ3v) is 9.41. The predicted molar refractivity (Wildman–Crippen MR) is 219 cm³/mol. The monoisotopic (exact) mass is 766 g/mol. The summed E-state index contributed by atoms with van der Waals surface area (Å²) in [4.78, 5) is 59.3. The quantitative estimate of drug-likeness (QED) is 0.0374. The molecule has 5 unspecified atom stereocenters. The highest BCUT2D eigenvalue weighted by molar-refractivity contribution is 5.90. The number of hydrogen-bond acceptors (Lipinski definition) is 9. The van der Waals surface area contributed by atoms with Gasteiger partial charge in [-0.3, -0.25) is 19.4 Å². The van der Waals surface area contributed by atoms with Crippen LogP contribution in [0.4, 0.5) is 0 Å². The minimum atomic E-state index is -0.990. The second-order valence-electron chi connectivity index (χ2n) is 14.5. The molecule has 6 N–H and O–H groups in total. The zero-order valence-corrected chi connectivity index (χ0v) is 33.8. The molecule has 2 amide bonds. The first-order chi connectivity index (χ1) is 26.2. The number of aliphatic carboxylic acids is 1. The van der Waals surface area contributed by atoms with Gasteiger partial charge >= 0.3 is 5.97 Å². The van der Waals surface area contributed by atoms with E-state index in [4.69, 9.17) is 0 Å². The van der Waals surface area contributed by atoms with E-state index in [0.717, 1.165) is 37.8 Å². The lowest BCUT2D eigenvalue weighted by atomic mass is 9.87. The highest BCUT2D eigenvalue weighted by Crippen LogP contribution is 2.20. The Bertz CT molecular complexity index is 1410. The molecule has 0 bridgehead atoms. The van der Waals surface area contributed by atoms with Crippen molar-refractivity contribution in [3.63, 3.8) is 0 Å². The lowest BCUT2D eigenvalue weighted by Crippen LogP contribution is -2.61. The molecule has 2 rings (SSSR count). The Morgan fingerprint density at radius 2 is 1.73 bits per heavy atom. The molecule has 0 saturated carbocycles. The topological polar surface area (TPSA) is 177 Å². The molecule has 1 aromatic rings. The van der Waals surface area contributed by atoms with E-state index in [9.17, 15) is 34.2 Å². The number of nitrogens with zero attached hydrogens (tertiary/aromatic N) is 1. The molecule has 1 aliphatic rings. The van der Waals surface area contributed by atoms with Gasteiger partial charge in [0.2, 0.25) is 5.91 Å². The van der Waals surface area contributed by atoms with Crippen molar-refractivity contribution in [2.45, 2.75) is 110 Å². The van der Waals surface area contributed by atoms with Crippen LogP contribution in [0.1, 0.15) is 85.1 Å². The zero-order chi connectivity index (χ0) is 41.2. The number of benzene rings is 1. The summed E-state index contributed by atoms with van der Waals surface area (Å²) in [7, 11) is 1.71. The molecule has 12 heteroatoms. The third-order valence-electron chi connectivity index (χ3n) is 9.41. The van der Waals surface area contributed by atoms with Gasteiger partial charge in [0.15, 0.2) is 0 Å². The van der Waals surface area contributed by atoms with E-state index < -0.39 is 36.1 Å². The van der Waals surface area contributed by atoms with Crippen molar-refractivity contribution >= 4 is 29.9 Å². The van der Waals surface area contributed by atoms with Gasteiger partial charge in [-0.15, -0.1) is 6.58 Å². The summed E-state index contributed by atoms with van der Waals surface area (Å²) in [6.45, 7) is 15.2. The van der Waals surface area contributed by atoms with E-state index in [1.54, 1.807) is 7.05 Å². The number of carboxylic acid groups (broad SMARTS) is 1. The molecular formula is C43H67N5O7. The van der Waals surface area contributed by atoms with Crippen LogP contribution in [0.3, 0.4) is 0 Å². The molecule has 1 heterocycles. The van der Waals surface area contributed by atoms with Crippen LogP contribution in [-0.2, 0) is 30.4 Å². The van der Waals surface area contributed by atoms with Crippen LogP contribution in [0.5, 0.6) is 0 Å². The van der Waals surface area contributed by atoms with E-state index in [2.05, 4.69) is 47.0 Å². The smallest absolute Gasteiger partial charge is 0.322 e. The van der Waals surface area contributed by atoms with Crippen LogP contribution in [0.25, 0.3) is 0 Å². The Hall–Kier alpha value is -4.23. The number of carboxylic acids is 1. The van der Waals surface area contributed by atoms with Crippen LogP contribution in [0.15, 0.2) is 78.9 Å². The number of carbonyl (C=O) groups is 5. The number of hydrogen-bond donors (Lipinski definition) is 6. The molecular weight excluding hydrogens is 699 g/mol. The first kappa shape index (κ1) is 48.8. The number of aliphatic hydroxyl groups is 1. The second kappa shape index (κ2) is 28.2. The van der Waals surface area contributed by atoms with Crippen molar-refractivity contribution in [1.82, 2.24) is 26.4 Å². The maximum absolute atomic E-state index is 13.1.